The predicted octanol–water partition coefficient (Wildman–Crippen LogP) is 2.45. The standard InChI is InChI=1S/C17H22N4O2/c1-3-7-12-8-5-6-10-17(12,9-4-2)21-14-13(18-11-19-14)15(22)20-16(21)23/h3-4,11-12H,1-2,5-10H2,(H,18,19)(H,20,22,23). The Morgan fingerprint density at radius 2 is 2.17 bits per heavy atom. The molecule has 0 spiro atoms. The van der Waals surface area contributed by atoms with Crippen LogP contribution in [0.4, 0.5) is 0 Å². The molecule has 0 saturated heterocycles. The van der Waals surface area contributed by atoms with Gasteiger partial charge in [0.1, 0.15) is 5.52 Å². The van der Waals surface area contributed by atoms with E-state index in [2.05, 4.69) is 28.1 Å². The van der Waals surface area contributed by atoms with E-state index in [9.17, 15) is 9.59 Å². The lowest BCUT2D eigenvalue weighted by molar-refractivity contribution is 0.106. The van der Waals surface area contributed by atoms with E-state index in [0.717, 1.165) is 32.1 Å². The van der Waals surface area contributed by atoms with Gasteiger partial charge in [-0.15, -0.1) is 13.2 Å². The molecule has 0 aliphatic heterocycles. The van der Waals surface area contributed by atoms with Crippen LogP contribution in [0.25, 0.3) is 11.2 Å². The number of fused-ring (bicyclic) bond motifs is 1. The summed E-state index contributed by atoms with van der Waals surface area (Å²) >= 11 is 0. The molecule has 2 heterocycles. The molecule has 0 aromatic carbocycles. The molecule has 122 valence electrons. The monoisotopic (exact) mass is 314 g/mol. The molecule has 1 saturated carbocycles. The summed E-state index contributed by atoms with van der Waals surface area (Å²) in [5, 5.41) is 0. The normalized spacial score (nSPS) is 24.6. The van der Waals surface area contributed by atoms with Crippen molar-refractivity contribution in [2.24, 2.45) is 5.92 Å². The van der Waals surface area contributed by atoms with Gasteiger partial charge in [0, 0.05) is 0 Å². The second kappa shape index (κ2) is 6.02. The minimum atomic E-state index is -0.427. The SMILES string of the molecule is C=CCC1CCCCC1(CC=C)n1c(=O)[nH]c(=O)c2[nH]cnc21. The van der Waals surface area contributed by atoms with E-state index in [0.29, 0.717) is 17.6 Å². The number of imidazole rings is 1. The fraction of sp³-hybridized carbons (Fsp3) is 0.471. The molecule has 3 rings (SSSR count). The first-order chi connectivity index (χ1) is 11.1. The van der Waals surface area contributed by atoms with Crippen LogP contribution in [-0.2, 0) is 5.54 Å². The number of aromatic nitrogens is 4. The van der Waals surface area contributed by atoms with E-state index in [1.165, 1.54) is 6.33 Å². The lowest BCUT2D eigenvalue weighted by Gasteiger charge is -2.45. The van der Waals surface area contributed by atoms with Crippen molar-refractivity contribution < 1.29 is 0 Å². The van der Waals surface area contributed by atoms with Gasteiger partial charge in [-0.05, 0) is 31.6 Å². The average Bonchev–Trinajstić information content (AvgIpc) is 2.99. The third-order valence-electron chi connectivity index (χ3n) is 5.05. The first-order valence-electron chi connectivity index (χ1n) is 8.04. The fourth-order valence-corrected chi connectivity index (χ4v) is 4.09. The number of aromatic amines is 2. The lowest BCUT2D eigenvalue weighted by atomic mass is 9.69. The van der Waals surface area contributed by atoms with E-state index in [1.807, 2.05) is 12.2 Å². The molecule has 2 aromatic heterocycles. The van der Waals surface area contributed by atoms with Gasteiger partial charge < -0.3 is 4.98 Å². The molecule has 0 amide bonds. The lowest BCUT2D eigenvalue weighted by Crippen LogP contribution is -2.50. The molecule has 23 heavy (non-hydrogen) atoms. The Hall–Kier alpha value is -2.37. The second-order valence-corrected chi connectivity index (χ2v) is 6.26. The van der Waals surface area contributed by atoms with E-state index >= 15 is 0 Å². The number of hydrogen-bond acceptors (Lipinski definition) is 3. The van der Waals surface area contributed by atoms with Gasteiger partial charge >= 0.3 is 5.69 Å². The Bertz CT molecular complexity index is 844. The van der Waals surface area contributed by atoms with Crippen LogP contribution in [-0.4, -0.2) is 19.5 Å². The van der Waals surface area contributed by atoms with E-state index in [-0.39, 0.29) is 5.92 Å². The third-order valence-corrected chi connectivity index (χ3v) is 5.05. The van der Waals surface area contributed by atoms with Crippen LogP contribution in [0.5, 0.6) is 0 Å². The summed E-state index contributed by atoms with van der Waals surface area (Å²) in [5.74, 6) is 0.273. The molecule has 2 atom stereocenters. The second-order valence-electron chi connectivity index (χ2n) is 6.26. The maximum atomic E-state index is 12.7. The molecular weight excluding hydrogens is 292 g/mol. The molecule has 0 radical (unpaired) electrons. The Morgan fingerprint density at radius 3 is 2.91 bits per heavy atom. The van der Waals surface area contributed by atoms with Gasteiger partial charge in [-0.3, -0.25) is 14.3 Å². The smallest absolute Gasteiger partial charge is 0.330 e. The largest absolute Gasteiger partial charge is 0.339 e. The summed E-state index contributed by atoms with van der Waals surface area (Å²) in [4.78, 5) is 34.2. The molecule has 2 aromatic rings. The Kier molecular flexibility index (Phi) is 4.07. The van der Waals surface area contributed by atoms with E-state index < -0.39 is 16.8 Å². The van der Waals surface area contributed by atoms with Crippen LogP contribution in [0.1, 0.15) is 38.5 Å². The Labute approximate surface area is 134 Å². The highest BCUT2D eigenvalue weighted by molar-refractivity contribution is 5.69. The highest BCUT2D eigenvalue weighted by Gasteiger charge is 2.42. The number of allylic oxidation sites excluding steroid dienone is 2. The zero-order valence-corrected chi connectivity index (χ0v) is 13.2. The molecule has 6 heteroatoms. The first-order valence-corrected chi connectivity index (χ1v) is 8.04. The van der Waals surface area contributed by atoms with Crippen LogP contribution < -0.4 is 11.2 Å². The molecule has 2 N–H and O–H groups in total. The summed E-state index contributed by atoms with van der Waals surface area (Å²) in [6, 6.07) is 0. The molecule has 1 fully saturated rings. The van der Waals surface area contributed by atoms with Gasteiger partial charge in [0.15, 0.2) is 5.65 Å². The van der Waals surface area contributed by atoms with Crippen LogP contribution in [0, 0.1) is 5.92 Å². The number of hydrogen-bond donors (Lipinski definition) is 2. The summed E-state index contributed by atoms with van der Waals surface area (Å²) in [6.07, 6.45) is 10.8. The van der Waals surface area contributed by atoms with Gasteiger partial charge in [-0.2, -0.15) is 0 Å². The highest BCUT2D eigenvalue weighted by atomic mass is 16.2. The molecular formula is C17H22N4O2. The maximum Gasteiger partial charge on any atom is 0.330 e. The summed E-state index contributed by atoms with van der Waals surface area (Å²) in [7, 11) is 0. The molecule has 2 unspecified atom stereocenters. The topological polar surface area (TPSA) is 83.5 Å². The predicted molar refractivity (Wildman–Crippen MR) is 90.5 cm³/mol. The van der Waals surface area contributed by atoms with Crippen molar-refractivity contribution in [1.82, 2.24) is 19.5 Å². The minimum absolute atomic E-state index is 0.273. The molecule has 6 nitrogen and oxygen atoms in total. The maximum absolute atomic E-state index is 12.7. The van der Waals surface area contributed by atoms with Crippen molar-refractivity contribution in [3.8, 4) is 0 Å². The molecule has 0 bridgehead atoms. The van der Waals surface area contributed by atoms with Crippen molar-refractivity contribution in [3.05, 3.63) is 52.5 Å². The number of H-pyrrole nitrogens is 2. The third kappa shape index (κ3) is 2.38. The van der Waals surface area contributed by atoms with Crippen molar-refractivity contribution in [2.75, 3.05) is 0 Å². The average molecular weight is 314 g/mol. The van der Waals surface area contributed by atoms with Crippen LogP contribution in [0.3, 0.4) is 0 Å². The number of nitrogens with one attached hydrogen (secondary N) is 2. The summed E-state index contributed by atoms with van der Waals surface area (Å²) in [5.41, 5.74) is -0.466. The van der Waals surface area contributed by atoms with Gasteiger partial charge in [0.25, 0.3) is 5.56 Å². The van der Waals surface area contributed by atoms with Crippen LogP contribution in [0.15, 0.2) is 41.2 Å². The van der Waals surface area contributed by atoms with Crippen molar-refractivity contribution >= 4 is 11.2 Å². The van der Waals surface area contributed by atoms with Crippen molar-refractivity contribution in [1.29, 1.82) is 0 Å². The number of rotatable bonds is 5. The summed E-state index contributed by atoms with van der Waals surface area (Å²) in [6.45, 7) is 7.76. The summed E-state index contributed by atoms with van der Waals surface area (Å²) < 4.78 is 1.69. The first kappa shape index (κ1) is 15.5. The van der Waals surface area contributed by atoms with E-state index in [1.54, 1.807) is 4.57 Å². The fourth-order valence-electron chi connectivity index (χ4n) is 4.09. The van der Waals surface area contributed by atoms with Crippen molar-refractivity contribution in [3.63, 3.8) is 0 Å². The zero-order valence-electron chi connectivity index (χ0n) is 13.2. The van der Waals surface area contributed by atoms with Gasteiger partial charge in [0.05, 0.1) is 11.9 Å². The van der Waals surface area contributed by atoms with Gasteiger partial charge in [0.2, 0.25) is 0 Å². The van der Waals surface area contributed by atoms with Crippen molar-refractivity contribution in [2.45, 2.75) is 44.1 Å². The number of nitrogens with zero attached hydrogens (tertiary/aromatic N) is 2. The highest BCUT2D eigenvalue weighted by Crippen LogP contribution is 2.44. The van der Waals surface area contributed by atoms with Crippen LogP contribution >= 0.6 is 0 Å². The molecule has 1 aliphatic rings. The quantitative estimate of drug-likeness (QED) is 0.831. The minimum Gasteiger partial charge on any atom is -0.339 e. The Balaban J connectivity index is 2.32. The van der Waals surface area contributed by atoms with Gasteiger partial charge in [-0.1, -0.05) is 25.0 Å². The van der Waals surface area contributed by atoms with Gasteiger partial charge in [-0.25, -0.2) is 9.78 Å². The zero-order chi connectivity index (χ0) is 16.4. The Morgan fingerprint density at radius 1 is 1.35 bits per heavy atom. The van der Waals surface area contributed by atoms with E-state index in [4.69, 9.17) is 0 Å². The van der Waals surface area contributed by atoms with Crippen LogP contribution in [0.2, 0.25) is 0 Å². The molecule has 1 aliphatic carbocycles.